The van der Waals surface area contributed by atoms with Crippen LogP contribution in [0.3, 0.4) is 0 Å². The fourth-order valence-electron chi connectivity index (χ4n) is 2.53. The highest BCUT2D eigenvalue weighted by atomic mass is 16.5. The van der Waals surface area contributed by atoms with Gasteiger partial charge in [-0.2, -0.15) is 5.10 Å². The standard InChI is InChI=1S/C16H19N3O2/c1-11(2)9-12-10-13(18-17-12)16(20)19-7-8-21-15-6-4-3-5-14(15)19/h3-6,10-11H,7-9H2,1-2H3,(H,17,18). The number of carbonyl (C=O) groups is 1. The Bertz CT molecular complexity index is 648. The minimum absolute atomic E-state index is 0.0861. The lowest BCUT2D eigenvalue weighted by Gasteiger charge is -2.28. The number of ether oxygens (including phenoxy) is 1. The van der Waals surface area contributed by atoms with Crippen LogP contribution in [0.5, 0.6) is 5.75 Å². The second-order valence-electron chi connectivity index (χ2n) is 5.65. The summed E-state index contributed by atoms with van der Waals surface area (Å²) in [7, 11) is 0. The van der Waals surface area contributed by atoms with Gasteiger partial charge in [0.2, 0.25) is 0 Å². The van der Waals surface area contributed by atoms with Crippen molar-refractivity contribution in [2.75, 3.05) is 18.1 Å². The number of hydrogen-bond donors (Lipinski definition) is 1. The van der Waals surface area contributed by atoms with Gasteiger partial charge in [0, 0.05) is 5.69 Å². The molecule has 0 fully saturated rings. The molecular weight excluding hydrogens is 266 g/mol. The molecule has 1 aromatic heterocycles. The van der Waals surface area contributed by atoms with E-state index in [-0.39, 0.29) is 5.91 Å². The van der Waals surface area contributed by atoms with Crippen molar-refractivity contribution >= 4 is 11.6 Å². The summed E-state index contributed by atoms with van der Waals surface area (Å²) >= 11 is 0. The van der Waals surface area contributed by atoms with E-state index in [1.54, 1.807) is 4.90 Å². The smallest absolute Gasteiger partial charge is 0.278 e. The number of rotatable bonds is 3. The molecule has 0 aliphatic carbocycles. The highest BCUT2D eigenvalue weighted by Crippen LogP contribution is 2.31. The third kappa shape index (κ3) is 2.77. The summed E-state index contributed by atoms with van der Waals surface area (Å²) in [6.07, 6.45) is 0.889. The molecule has 0 bridgehead atoms. The Morgan fingerprint density at radius 3 is 3.05 bits per heavy atom. The normalized spacial score (nSPS) is 14.0. The largest absolute Gasteiger partial charge is 0.490 e. The molecule has 1 aromatic carbocycles. The van der Waals surface area contributed by atoms with Gasteiger partial charge >= 0.3 is 0 Å². The average molecular weight is 285 g/mol. The van der Waals surface area contributed by atoms with Gasteiger partial charge in [-0.15, -0.1) is 0 Å². The van der Waals surface area contributed by atoms with Crippen LogP contribution in [-0.2, 0) is 6.42 Å². The molecular formula is C16H19N3O2. The summed E-state index contributed by atoms with van der Waals surface area (Å²) in [5.74, 6) is 1.18. The molecule has 1 amide bonds. The molecule has 5 nitrogen and oxygen atoms in total. The quantitative estimate of drug-likeness (QED) is 0.943. The Kier molecular flexibility index (Phi) is 3.64. The molecule has 0 saturated carbocycles. The lowest BCUT2D eigenvalue weighted by molar-refractivity contribution is 0.0971. The molecule has 3 rings (SSSR count). The van der Waals surface area contributed by atoms with E-state index in [0.717, 1.165) is 23.6 Å². The maximum absolute atomic E-state index is 12.6. The molecule has 0 radical (unpaired) electrons. The van der Waals surface area contributed by atoms with Crippen molar-refractivity contribution in [3.8, 4) is 5.75 Å². The van der Waals surface area contributed by atoms with Gasteiger partial charge in [0.05, 0.1) is 12.2 Å². The van der Waals surface area contributed by atoms with E-state index >= 15 is 0 Å². The molecule has 110 valence electrons. The summed E-state index contributed by atoms with van der Waals surface area (Å²) in [5, 5.41) is 7.11. The Morgan fingerprint density at radius 2 is 2.24 bits per heavy atom. The molecule has 2 heterocycles. The molecule has 0 unspecified atom stereocenters. The van der Waals surface area contributed by atoms with E-state index in [0.29, 0.717) is 24.8 Å². The van der Waals surface area contributed by atoms with Crippen molar-refractivity contribution in [2.45, 2.75) is 20.3 Å². The first-order valence-electron chi connectivity index (χ1n) is 7.23. The van der Waals surface area contributed by atoms with E-state index in [1.807, 2.05) is 30.3 Å². The van der Waals surface area contributed by atoms with Crippen LogP contribution in [0.15, 0.2) is 30.3 Å². The number of benzene rings is 1. The summed E-state index contributed by atoms with van der Waals surface area (Å²) < 4.78 is 5.58. The van der Waals surface area contributed by atoms with Crippen molar-refractivity contribution < 1.29 is 9.53 Å². The topological polar surface area (TPSA) is 58.2 Å². The molecule has 2 aromatic rings. The zero-order chi connectivity index (χ0) is 14.8. The minimum Gasteiger partial charge on any atom is -0.490 e. The zero-order valence-electron chi connectivity index (χ0n) is 12.3. The molecule has 21 heavy (non-hydrogen) atoms. The van der Waals surface area contributed by atoms with E-state index in [4.69, 9.17) is 4.74 Å². The number of aromatic nitrogens is 2. The number of H-pyrrole nitrogens is 1. The number of fused-ring (bicyclic) bond motifs is 1. The maximum atomic E-state index is 12.6. The highest BCUT2D eigenvalue weighted by molar-refractivity contribution is 6.05. The second kappa shape index (κ2) is 5.60. The summed E-state index contributed by atoms with van der Waals surface area (Å²) in [6.45, 7) is 5.33. The first-order valence-corrected chi connectivity index (χ1v) is 7.23. The third-order valence-electron chi connectivity index (χ3n) is 3.45. The number of hydrogen-bond acceptors (Lipinski definition) is 3. The highest BCUT2D eigenvalue weighted by Gasteiger charge is 2.25. The second-order valence-corrected chi connectivity index (χ2v) is 5.65. The van der Waals surface area contributed by atoms with E-state index in [2.05, 4.69) is 24.0 Å². The number of anilines is 1. The Morgan fingerprint density at radius 1 is 1.43 bits per heavy atom. The maximum Gasteiger partial charge on any atom is 0.278 e. The lowest BCUT2D eigenvalue weighted by atomic mass is 10.1. The number of nitrogens with zero attached hydrogens (tertiary/aromatic N) is 2. The lowest BCUT2D eigenvalue weighted by Crippen LogP contribution is -2.38. The van der Waals surface area contributed by atoms with Crippen LogP contribution < -0.4 is 9.64 Å². The van der Waals surface area contributed by atoms with Crippen LogP contribution in [0.2, 0.25) is 0 Å². The van der Waals surface area contributed by atoms with Crippen LogP contribution in [0.4, 0.5) is 5.69 Å². The van der Waals surface area contributed by atoms with Gasteiger partial charge in [0.1, 0.15) is 12.4 Å². The monoisotopic (exact) mass is 285 g/mol. The molecule has 1 aliphatic heterocycles. The van der Waals surface area contributed by atoms with Gasteiger partial charge in [0.25, 0.3) is 5.91 Å². The fraction of sp³-hybridized carbons (Fsp3) is 0.375. The number of nitrogens with one attached hydrogen (secondary N) is 1. The summed E-state index contributed by atoms with van der Waals surface area (Å²) in [4.78, 5) is 14.4. The molecule has 1 N–H and O–H groups in total. The van der Waals surface area contributed by atoms with Crippen LogP contribution in [-0.4, -0.2) is 29.3 Å². The fourth-order valence-corrected chi connectivity index (χ4v) is 2.53. The van der Waals surface area contributed by atoms with Crippen molar-refractivity contribution in [3.63, 3.8) is 0 Å². The Balaban J connectivity index is 1.84. The number of carbonyl (C=O) groups excluding carboxylic acids is 1. The van der Waals surface area contributed by atoms with Gasteiger partial charge < -0.3 is 9.64 Å². The molecule has 0 saturated heterocycles. The number of amides is 1. The summed E-state index contributed by atoms with van der Waals surface area (Å²) in [5.41, 5.74) is 2.26. The van der Waals surface area contributed by atoms with Gasteiger partial charge in [-0.05, 0) is 30.5 Å². The number of aromatic amines is 1. The van der Waals surface area contributed by atoms with E-state index in [1.165, 1.54) is 0 Å². The number of para-hydroxylation sites is 2. The summed E-state index contributed by atoms with van der Waals surface area (Å²) in [6, 6.07) is 9.43. The first kappa shape index (κ1) is 13.7. The Labute approximate surface area is 123 Å². The first-order chi connectivity index (χ1) is 10.1. The third-order valence-corrected chi connectivity index (χ3v) is 3.45. The van der Waals surface area contributed by atoms with Crippen LogP contribution in [0, 0.1) is 5.92 Å². The molecule has 0 atom stereocenters. The van der Waals surface area contributed by atoms with Gasteiger partial charge in [-0.25, -0.2) is 0 Å². The van der Waals surface area contributed by atoms with Crippen molar-refractivity contribution in [1.82, 2.24) is 10.2 Å². The SMILES string of the molecule is CC(C)Cc1cc(C(=O)N2CCOc3ccccc32)n[nH]1. The van der Waals surface area contributed by atoms with Crippen molar-refractivity contribution in [1.29, 1.82) is 0 Å². The average Bonchev–Trinajstić information content (AvgIpc) is 2.93. The molecule has 1 aliphatic rings. The van der Waals surface area contributed by atoms with Gasteiger partial charge in [0.15, 0.2) is 5.69 Å². The van der Waals surface area contributed by atoms with Crippen molar-refractivity contribution in [2.24, 2.45) is 5.92 Å². The molecule has 5 heteroatoms. The van der Waals surface area contributed by atoms with Crippen LogP contribution >= 0.6 is 0 Å². The van der Waals surface area contributed by atoms with E-state index < -0.39 is 0 Å². The molecule has 0 spiro atoms. The van der Waals surface area contributed by atoms with Gasteiger partial charge in [-0.1, -0.05) is 26.0 Å². The predicted molar refractivity (Wildman–Crippen MR) is 80.7 cm³/mol. The van der Waals surface area contributed by atoms with Crippen molar-refractivity contribution in [3.05, 3.63) is 41.7 Å². The van der Waals surface area contributed by atoms with Crippen LogP contribution in [0.1, 0.15) is 30.0 Å². The van der Waals surface area contributed by atoms with E-state index in [9.17, 15) is 4.79 Å². The van der Waals surface area contributed by atoms with Crippen LogP contribution in [0.25, 0.3) is 0 Å². The Hall–Kier alpha value is -2.30. The predicted octanol–water partition coefficient (Wildman–Crippen LogP) is 2.65. The zero-order valence-corrected chi connectivity index (χ0v) is 12.3. The minimum atomic E-state index is -0.0861. The van der Waals surface area contributed by atoms with Gasteiger partial charge in [-0.3, -0.25) is 9.89 Å².